The van der Waals surface area contributed by atoms with E-state index < -0.39 is 5.91 Å². The highest BCUT2D eigenvalue weighted by Gasteiger charge is 2.19. The van der Waals surface area contributed by atoms with E-state index in [1.807, 2.05) is 4.90 Å². The Balaban J connectivity index is 1.73. The number of carbonyl (C=O) groups excluding carboxylic acids is 1. The van der Waals surface area contributed by atoms with Gasteiger partial charge in [0.25, 0.3) is 11.5 Å². The van der Waals surface area contributed by atoms with Gasteiger partial charge in [-0.2, -0.15) is 5.10 Å². The summed E-state index contributed by atoms with van der Waals surface area (Å²) in [5.41, 5.74) is 9.69. The Morgan fingerprint density at radius 1 is 1.16 bits per heavy atom. The number of amides is 1. The third-order valence-corrected chi connectivity index (χ3v) is 4.92. The van der Waals surface area contributed by atoms with Crippen molar-refractivity contribution in [3.05, 3.63) is 64.2 Å². The van der Waals surface area contributed by atoms with Crippen LogP contribution in [0.5, 0.6) is 0 Å². The lowest BCUT2D eigenvalue weighted by Crippen LogP contribution is -2.41. The second-order valence-corrected chi connectivity index (χ2v) is 6.94. The molecule has 1 amide bonds. The highest BCUT2D eigenvalue weighted by Crippen LogP contribution is 2.20. The summed E-state index contributed by atoms with van der Waals surface area (Å²) in [6, 6.07) is 8.25. The summed E-state index contributed by atoms with van der Waals surface area (Å²) >= 11 is 0. The fourth-order valence-electron chi connectivity index (χ4n) is 3.28. The van der Waals surface area contributed by atoms with Crippen molar-refractivity contribution in [1.82, 2.24) is 25.2 Å². The Morgan fingerprint density at radius 2 is 1.84 bits per heavy atom. The molecular formula is C20H21N7O4. The highest BCUT2D eigenvalue weighted by atomic mass is 16.5. The summed E-state index contributed by atoms with van der Waals surface area (Å²) in [5, 5.41) is 13.3. The molecule has 0 aliphatic carbocycles. The minimum atomic E-state index is -0.609. The summed E-state index contributed by atoms with van der Waals surface area (Å²) in [6.07, 6.45) is 3.12. The van der Waals surface area contributed by atoms with Crippen molar-refractivity contribution in [3.8, 4) is 11.3 Å². The molecule has 1 aliphatic rings. The van der Waals surface area contributed by atoms with Crippen LogP contribution in [0.2, 0.25) is 0 Å². The molecule has 11 heteroatoms. The first-order chi connectivity index (χ1) is 15.0. The smallest absolute Gasteiger partial charge is 0.290 e. The highest BCUT2D eigenvalue weighted by molar-refractivity contribution is 5.93. The number of nitrogens with two attached hydrogens (primary N) is 1. The number of aromatic nitrogens is 4. The zero-order chi connectivity index (χ0) is 21.8. The third-order valence-electron chi connectivity index (χ3n) is 4.92. The zero-order valence-corrected chi connectivity index (χ0v) is 16.6. The van der Waals surface area contributed by atoms with Gasteiger partial charge in [-0.25, -0.2) is 20.1 Å². The van der Waals surface area contributed by atoms with Crippen LogP contribution in [0.15, 0.2) is 47.5 Å². The molecule has 31 heavy (non-hydrogen) atoms. The summed E-state index contributed by atoms with van der Waals surface area (Å²) in [7, 11) is 0. The molecule has 1 saturated heterocycles. The minimum absolute atomic E-state index is 0.150. The number of nitrogens with one attached hydrogen (secondary N) is 1. The van der Waals surface area contributed by atoms with E-state index in [4.69, 9.17) is 15.7 Å². The van der Waals surface area contributed by atoms with Crippen LogP contribution >= 0.6 is 0 Å². The van der Waals surface area contributed by atoms with Gasteiger partial charge in [-0.05, 0) is 23.8 Å². The number of nitrogen functional groups attached to an aromatic ring is 1. The first-order valence-electron chi connectivity index (χ1n) is 9.61. The molecule has 3 heterocycles. The number of nitrogens with zero attached hydrogens (tertiary/aromatic N) is 5. The molecule has 1 aromatic carbocycles. The number of hydrogen-bond acceptors (Lipinski definition) is 9. The lowest BCUT2D eigenvalue weighted by molar-refractivity contribution is 0.0706. The van der Waals surface area contributed by atoms with Crippen molar-refractivity contribution in [3.63, 3.8) is 0 Å². The van der Waals surface area contributed by atoms with E-state index in [1.165, 1.54) is 4.68 Å². The van der Waals surface area contributed by atoms with Crippen molar-refractivity contribution in [1.29, 1.82) is 0 Å². The Bertz CT molecular complexity index is 1120. The monoisotopic (exact) mass is 423 g/mol. The molecule has 1 aliphatic heterocycles. The summed E-state index contributed by atoms with van der Waals surface area (Å²) in [6.45, 7) is 2.47. The molecule has 3 aromatic rings. The van der Waals surface area contributed by atoms with Gasteiger partial charge in [-0.15, -0.1) is 0 Å². The molecule has 4 rings (SSSR count). The molecule has 2 aromatic heterocycles. The summed E-state index contributed by atoms with van der Waals surface area (Å²) < 4.78 is 6.78. The van der Waals surface area contributed by atoms with E-state index >= 15 is 0 Å². The number of anilines is 2. The number of carbonyl (C=O) groups is 1. The van der Waals surface area contributed by atoms with E-state index in [1.54, 1.807) is 48.2 Å². The first kappa shape index (κ1) is 20.4. The normalized spacial score (nSPS) is 13.8. The number of morpholine rings is 1. The van der Waals surface area contributed by atoms with Gasteiger partial charge in [0.05, 0.1) is 25.5 Å². The van der Waals surface area contributed by atoms with Gasteiger partial charge < -0.3 is 15.4 Å². The molecule has 1 fully saturated rings. The zero-order valence-electron chi connectivity index (χ0n) is 16.6. The van der Waals surface area contributed by atoms with Gasteiger partial charge in [0.1, 0.15) is 5.69 Å². The third kappa shape index (κ3) is 4.52. The standard InChI is InChI=1S/C20H21N7O4/c21-20-22-10-15(11-23-20)16-9-17(26-5-7-31-8-6-26)19(29)27(24-16)12-13-1-3-14(4-2-13)18(28)25-30/h1-4,9-11,30H,5-8,12H2,(H,25,28)(H2,21,22,23). The lowest BCUT2D eigenvalue weighted by Gasteiger charge is -2.28. The number of rotatable bonds is 5. The van der Waals surface area contributed by atoms with Crippen LogP contribution in [0.3, 0.4) is 0 Å². The topological polar surface area (TPSA) is 148 Å². The second-order valence-electron chi connectivity index (χ2n) is 6.94. The van der Waals surface area contributed by atoms with E-state index in [9.17, 15) is 9.59 Å². The first-order valence-corrected chi connectivity index (χ1v) is 9.61. The fourth-order valence-corrected chi connectivity index (χ4v) is 3.28. The summed E-state index contributed by atoms with van der Waals surface area (Å²) in [4.78, 5) is 34.7. The quantitative estimate of drug-likeness (QED) is 0.389. The molecule has 0 bridgehead atoms. The van der Waals surface area contributed by atoms with E-state index in [2.05, 4.69) is 15.1 Å². The Hall–Kier alpha value is -3.83. The maximum atomic E-state index is 13.2. The van der Waals surface area contributed by atoms with Gasteiger partial charge in [0.2, 0.25) is 5.95 Å². The van der Waals surface area contributed by atoms with Crippen molar-refractivity contribution < 1.29 is 14.7 Å². The van der Waals surface area contributed by atoms with Crippen LogP contribution in [0.1, 0.15) is 15.9 Å². The van der Waals surface area contributed by atoms with Gasteiger partial charge in [0.15, 0.2) is 0 Å². The maximum absolute atomic E-state index is 13.2. The fraction of sp³-hybridized carbons (Fsp3) is 0.250. The molecule has 4 N–H and O–H groups in total. The predicted octanol–water partition coefficient (Wildman–Crippen LogP) is 0.286. The maximum Gasteiger partial charge on any atom is 0.290 e. The second kappa shape index (κ2) is 8.90. The van der Waals surface area contributed by atoms with Gasteiger partial charge in [-0.1, -0.05) is 12.1 Å². The van der Waals surface area contributed by atoms with Crippen LogP contribution in [-0.4, -0.2) is 57.2 Å². The van der Waals surface area contributed by atoms with Crippen LogP contribution < -0.4 is 21.7 Å². The Kier molecular flexibility index (Phi) is 5.87. The molecule has 160 valence electrons. The van der Waals surface area contributed by atoms with Crippen molar-refractivity contribution in [2.45, 2.75) is 6.54 Å². The molecule has 0 atom stereocenters. The average Bonchev–Trinajstić information content (AvgIpc) is 2.81. The van der Waals surface area contributed by atoms with Crippen LogP contribution in [-0.2, 0) is 11.3 Å². The Morgan fingerprint density at radius 3 is 2.48 bits per heavy atom. The van der Waals surface area contributed by atoms with Crippen molar-refractivity contribution in [2.75, 3.05) is 36.9 Å². The molecule has 0 radical (unpaired) electrons. The SMILES string of the molecule is Nc1ncc(-c2cc(N3CCOCC3)c(=O)n(Cc3ccc(C(=O)NO)cc3)n2)cn1. The molecule has 0 saturated carbocycles. The number of ether oxygens (including phenoxy) is 1. The molecule has 0 unspecified atom stereocenters. The van der Waals surface area contributed by atoms with Crippen LogP contribution in [0.25, 0.3) is 11.3 Å². The molecular weight excluding hydrogens is 402 g/mol. The number of benzene rings is 1. The van der Waals surface area contributed by atoms with Gasteiger partial charge in [0, 0.05) is 36.6 Å². The van der Waals surface area contributed by atoms with Crippen LogP contribution in [0.4, 0.5) is 11.6 Å². The lowest BCUT2D eigenvalue weighted by atomic mass is 10.1. The summed E-state index contributed by atoms with van der Waals surface area (Å²) in [5.74, 6) is -0.459. The van der Waals surface area contributed by atoms with Crippen LogP contribution in [0, 0.1) is 0 Å². The van der Waals surface area contributed by atoms with Gasteiger partial charge in [-0.3, -0.25) is 14.8 Å². The average molecular weight is 423 g/mol. The van der Waals surface area contributed by atoms with E-state index in [0.717, 1.165) is 5.56 Å². The van der Waals surface area contributed by atoms with Gasteiger partial charge >= 0.3 is 0 Å². The van der Waals surface area contributed by atoms with Crippen molar-refractivity contribution in [2.24, 2.45) is 0 Å². The Labute approximate surface area is 177 Å². The largest absolute Gasteiger partial charge is 0.378 e. The number of hydroxylamine groups is 1. The predicted molar refractivity (Wildman–Crippen MR) is 112 cm³/mol. The van der Waals surface area contributed by atoms with E-state index in [0.29, 0.717) is 48.8 Å². The number of hydrogen-bond donors (Lipinski definition) is 3. The molecule has 11 nitrogen and oxygen atoms in total. The molecule has 0 spiro atoms. The van der Waals surface area contributed by atoms with E-state index in [-0.39, 0.29) is 18.1 Å². The van der Waals surface area contributed by atoms with Crippen molar-refractivity contribution >= 4 is 17.5 Å². The minimum Gasteiger partial charge on any atom is -0.378 e.